The van der Waals surface area contributed by atoms with Crippen LogP contribution in [0, 0.1) is 13.8 Å². The fourth-order valence-electron chi connectivity index (χ4n) is 6.27. The van der Waals surface area contributed by atoms with Crippen molar-refractivity contribution in [3.63, 3.8) is 0 Å². The molecule has 5 aromatic carbocycles. The second-order valence-corrected chi connectivity index (χ2v) is 11.9. The predicted octanol–water partition coefficient (Wildman–Crippen LogP) is 11.1. The van der Waals surface area contributed by atoms with Crippen LogP contribution < -0.4 is 0 Å². The first-order valence-corrected chi connectivity index (χ1v) is 14.7. The average Bonchev–Trinajstić information content (AvgIpc) is 3.60. The monoisotopic (exact) mass is 551 g/mol. The lowest BCUT2D eigenvalue weighted by molar-refractivity contribution is 0.666. The number of hydrogen-bond acceptors (Lipinski definition) is 2. The van der Waals surface area contributed by atoms with Gasteiger partial charge in [0.15, 0.2) is 0 Å². The van der Waals surface area contributed by atoms with Gasteiger partial charge in [-0.25, -0.2) is 4.98 Å². The number of rotatable bonds is 5. The van der Waals surface area contributed by atoms with Crippen molar-refractivity contribution < 1.29 is 8.53 Å². The fourth-order valence-corrected chi connectivity index (χ4v) is 6.27. The maximum absolute atomic E-state index is 8.37. The van der Waals surface area contributed by atoms with E-state index in [9.17, 15) is 0 Å². The maximum Gasteiger partial charge on any atom is 0.149 e. The molecular formula is C39H36N2O. The molecule has 0 aliphatic carbocycles. The highest BCUT2D eigenvalue weighted by atomic mass is 16.3. The van der Waals surface area contributed by atoms with Crippen LogP contribution in [0.2, 0.25) is 0 Å². The van der Waals surface area contributed by atoms with Gasteiger partial charge in [0, 0.05) is 14.9 Å². The van der Waals surface area contributed by atoms with Gasteiger partial charge in [-0.3, -0.25) is 4.57 Å². The molecule has 0 radical (unpaired) electrons. The number of hydrogen-bond donors (Lipinski definition) is 0. The zero-order valence-corrected chi connectivity index (χ0v) is 24.7. The van der Waals surface area contributed by atoms with Gasteiger partial charge in [-0.2, -0.15) is 0 Å². The number of nitrogens with zero attached hydrogens (tertiary/aromatic N) is 2. The van der Waals surface area contributed by atoms with Gasteiger partial charge < -0.3 is 4.42 Å². The summed E-state index contributed by atoms with van der Waals surface area (Å²) in [5.74, 6) is 1.18. The summed E-state index contributed by atoms with van der Waals surface area (Å²) >= 11 is 0. The summed E-state index contributed by atoms with van der Waals surface area (Å²) < 4.78 is 34.0. The van der Waals surface area contributed by atoms with Gasteiger partial charge in [0.1, 0.15) is 17.0 Å². The summed E-state index contributed by atoms with van der Waals surface area (Å²) in [6.45, 7) is 8.64. The van der Waals surface area contributed by atoms with Crippen LogP contribution in [0.4, 0.5) is 0 Å². The highest BCUT2D eigenvalue weighted by molar-refractivity contribution is 6.12. The molecule has 3 heteroatoms. The molecule has 0 aliphatic heterocycles. The lowest BCUT2D eigenvalue weighted by Gasteiger charge is -2.24. The molecule has 2 aromatic heterocycles. The number of para-hydroxylation sites is 3. The number of aromatic nitrogens is 2. The molecule has 0 saturated heterocycles. The van der Waals surface area contributed by atoms with Crippen molar-refractivity contribution in [2.45, 2.75) is 53.3 Å². The standard InChI is InChI=1S/C39H36N2O/c1-23(2)31-21-28(27-14-8-7-9-15-27)22-32(24(3)4)36(31)41-34-18-11-10-17-33(34)40-39(41)30-20-19-25(5)35-29-16-12-13-26(6)37(29)42-38(30)35/h7-24H,1-6H3/i5D3. The van der Waals surface area contributed by atoms with Crippen LogP contribution in [-0.2, 0) is 0 Å². The first-order valence-electron chi connectivity index (χ1n) is 16.2. The van der Waals surface area contributed by atoms with E-state index < -0.39 is 6.85 Å². The minimum atomic E-state index is -2.31. The van der Waals surface area contributed by atoms with E-state index >= 15 is 0 Å². The van der Waals surface area contributed by atoms with Gasteiger partial charge in [-0.05, 0) is 89.3 Å². The summed E-state index contributed by atoms with van der Waals surface area (Å²) in [5.41, 5.74) is 11.0. The highest BCUT2D eigenvalue weighted by Gasteiger charge is 2.26. The van der Waals surface area contributed by atoms with Crippen molar-refractivity contribution in [2.75, 3.05) is 0 Å². The Morgan fingerprint density at radius 2 is 1.43 bits per heavy atom. The third-order valence-electron chi connectivity index (χ3n) is 8.39. The summed E-state index contributed by atoms with van der Waals surface area (Å²) in [4.78, 5) is 5.24. The van der Waals surface area contributed by atoms with Crippen molar-refractivity contribution in [3.8, 4) is 28.2 Å². The molecule has 0 aliphatic rings. The van der Waals surface area contributed by atoms with Crippen LogP contribution in [0.15, 0.2) is 101 Å². The Bertz CT molecular complexity index is 2190. The normalized spacial score (nSPS) is 13.4. The molecule has 0 saturated carbocycles. The van der Waals surface area contributed by atoms with E-state index in [0.717, 1.165) is 39.1 Å². The summed E-state index contributed by atoms with van der Waals surface area (Å²) in [6, 6.07) is 32.9. The van der Waals surface area contributed by atoms with E-state index in [2.05, 4.69) is 74.7 Å². The van der Waals surface area contributed by atoms with E-state index in [1.165, 1.54) is 22.3 Å². The Balaban J connectivity index is 1.62. The number of aryl methyl sites for hydroxylation is 2. The molecule has 208 valence electrons. The molecule has 0 N–H and O–H groups in total. The molecule has 2 heterocycles. The molecule has 0 bridgehead atoms. The van der Waals surface area contributed by atoms with Crippen molar-refractivity contribution in [1.82, 2.24) is 9.55 Å². The van der Waals surface area contributed by atoms with Crippen molar-refractivity contribution >= 4 is 33.0 Å². The summed E-state index contributed by atoms with van der Waals surface area (Å²) in [7, 11) is 0. The van der Waals surface area contributed by atoms with Gasteiger partial charge in [0.05, 0.1) is 22.3 Å². The minimum Gasteiger partial charge on any atom is -0.455 e. The first-order chi connectivity index (χ1) is 21.5. The van der Waals surface area contributed by atoms with Crippen LogP contribution >= 0.6 is 0 Å². The molecule has 0 atom stereocenters. The fraction of sp³-hybridized carbons (Fsp3) is 0.205. The lowest BCUT2D eigenvalue weighted by Crippen LogP contribution is -2.09. The number of imidazole rings is 1. The molecule has 0 fully saturated rings. The average molecular weight is 552 g/mol. The van der Waals surface area contributed by atoms with Crippen molar-refractivity contribution in [2.24, 2.45) is 0 Å². The van der Waals surface area contributed by atoms with Crippen LogP contribution in [0.1, 0.15) is 65.9 Å². The summed E-state index contributed by atoms with van der Waals surface area (Å²) in [5, 5.41) is 1.43. The van der Waals surface area contributed by atoms with Crippen LogP contribution in [0.25, 0.3) is 61.2 Å². The third-order valence-corrected chi connectivity index (χ3v) is 8.39. The highest BCUT2D eigenvalue weighted by Crippen LogP contribution is 2.43. The molecule has 7 rings (SSSR count). The number of furan rings is 1. The second-order valence-electron chi connectivity index (χ2n) is 11.9. The van der Waals surface area contributed by atoms with Crippen LogP contribution in [0.5, 0.6) is 0 Å². The molecular weight excluding hydrogens is 512 g/mol. The zero-order valence-electron chi connectivity index (χ0n) is 27.7. The zero-order chi connectivity index (χ0) is 31.6. The van der Waals surface area contributed by atoms with Crippen molar-refractivity contribution in [3.05, 3.63) is 119 Å². The van der Waals surface area contributed by atoms with Crippen LogP contribution in [-0.4, -0.2) is 9.55 Å². The Morgan fingerprint density at radius 1 is 0.714 bits per heavy atom. The van der Waals surface area contributed by atoms with Crippen LogP contribution in [0.3, 0.4) is 0 Å². The van der Waals surface area contributed by atoms with E-state index in [4.69, 9.17) is 13.5 Å². The quantitative estimate of drug-likeness (QED) is 0.213. The van der Waals surface area contributed by atoms with Gasteiger partial charge in [0.25, 0.3) is 0 Å². The molecule has 0 unspecified atom stereocenters. The van der Waals surface area contributed by atoms with Crippen molar-refractivity contribution in [1.29, 1.82) is 0 Å². The van der Waals surface area contributed by atoms with Gasteiger partial charge in [0.2, 0.25) is 0 Å². The topological polar surface area (TPSA) is 31.0 Å². The van der Waals surface area contributed by atoms with Gasteiger partial charge in [-0.15, -0.1) is 0 Å². The largest absolute Gasteiger partial charge is 0.455 e. The number of benzene rings is 5. The Morgan fingerprint density at radius 3 is 2.14 bits per heavy atom. The Kier molecular flexibility index (Phi) is 5.49. The third kappa shape index (κ3) is 4.07. The Labute approximate surface area is 251 Å². The predicted molar refractivity (Wildman–Crippen MR) is 177 cm³/mol. The lowest BCUT2D eigenvalue weighted by atomic mass is 9.88. The maximum atomic E-state index is 8.37. The van der Waals surface area contributed by atoms with E-state index in [1.807, 2.05) is 55.5 Å². The molecule has 3 nitrogen and oxygen atoms in total. The Hall–Kier alpha value is -4.63. The minimum absolute atomic E-state index is 0.224. The first kappa shape index (κ1) is 23.0. The van der Waals surface area contributed by atoms with Gasteiger partial charge in [-0.1, -0.05) is 94.4 Å². The molecule has 0 spiro atoms. The SMILES string of the molecule is [2H]C([2H])([2H])c1ccc(-c2nc3ccccc3n2-c2c(C(C)C)cc(-c3ccccc3)cc2C(C)C)c2oc3c(C)cccc3c12. The summed E-state index contributed by atoms with van der Waals surface area (Å²) in [6.07, 6.45) is 0. The molecule has 42 heavy (non-hydrogen) atoms. The molecule has 0 amide bonds. The molecule has 7 aromatic rings. The number of fused-ring (bicyclic) bond motifs is 4. The van der Waals surface area contributed by atoms with E-state index in [1.54, 1.807) is 6.07 Å². The second kappa shape index (κ2) is 10.0. The van der Waals surface area contributed by atoms with E-state index in [0.29, 0.717) is 16.6 Å². The van der Waals surface area contributed by atoms with E-state index in [-0.39, 0.29) is 17.4 Å². The smallest absolute Gasteiger partial charge is 0.149 e. The van der Waals surface area contributed by atoms with Gasteiger partial charge >= 0.3 is 0 Å².